The van der Waals surface area contributed by atoms with Gasteiger partial charge in [-0.2, -0.15) is 0 Å². The van der Waals surface area contributed by atoms with E-state index in [4.69, 9.17) is 27.9 Å². The van der Waals surface area contributed by atoms with Crippen LogP contribution in [-0.2, 0) is 9.53 Å². The lowest BCUT2D eigenvalue weighted by molar-refractivity contribution is -0.152. The summed E-state index contributed by atoms with van der Waals surface area (Å²) in [6.45, 7) is 11.6. The topological polar surface area (TPSA) is 127 Å². The molecule has 0 saturated carbocycles. The number of esters is 1. The second-order valence-corrected chi connectivity index (χ2v) is 14.1. The minimum absolute atomic E-state index is 0.0306. The summed E-state index contributed by atoms with van der Waals surface area (Å²) >= 11 is 12.8. The first-order valence-electron chi connectivity index (χ1n) is 16.2. The molecule has 0 amide bonds. The normalized spacial score (nSPS) is 19.1. The summed E-state index contributed by atoms with van der Waals surface area (Å²) in [5.74, 6) is 0.137. The van der Waals surface area contributed by atoms with Crippen molar-refractivity contribution in [1.29, 1.82) is 0 Å². The number of carbonyl (C=O) groups is 1. The maximum Gasteiger partial charge on any atom is 0.325 e. The van der Waals surface area contributed by atoms with Crippen molar-refractivity contribution < 1.29 is 14.6 Å². The molecule has 0 bridgehead atoms. The van der Waals surface area contributed by atoms with E-state index in [2.05, 4.69) is 37.2 Å². The van der Waals surface area contributed by atoms with Crippen LogP contribution in [0, 0.1) is 0 Å². The largest absolute Gasteiger partial charge is 0.459 e. The Morgan fingerprint density at radius 1 is 1.06 bits per heavy atom. The summed E-state index contributed by atoms with van der Waals surface area (Å²) in [4.78, 5) is 48.4. The molecule has 11 nitrogen and oxygen atoms in total. The molecule has 254 valence electrons. The van der Waals surface area contributed by atoms with Crippen LogP contribution >= 0.6 is 23.2 Å². The molecule has 3 aromatic rings. The van der Waals surface area contributed by atoms with Gasteiger partial charge in [0.05, 0.1) is 29.6 Å². The Morgan fingerprint density at radius 3 is 2.36 bits per heavy atom. The molecular weight excluding hydrogens is 643 g/mol. The molecule has 5 rings (SSSR count). The molecule has 2 saturated heterocycles. The Kier molecular flexibility index (Phi) is 11.1. The first-order chi connectivity index (χ1) is 22.4. The fraction of sp³-hybridized carbons (Fsp3) is 0.529. The van der Waals surface area contributed by atoms with Crippen molar-refractivity contribution in [3.8, 4) is 0 Å². The zero-order valence-electron chi connectivity index (χ0n) is 27.4. The number of piperazine rings is 1. The van der Waals surface area contributed by atoms with Gasteiger partial charge in [0.1, 0.15) is 29.3 Å². The summed E-state index contributed by atoms with van der Waals surface area (Å²) < 4.78 is 5.26. The summed E-state index contributed by atoms with van der Waals surface area (Å²) in [7, 11) is 0. The molecule has 0 radical (unpaired) electrons. The number of nitrogens with zero attached hydrogens (tertiary/aromatic N) is 4. The van der Waals surface area contributed by atoms with Crippen LogP contribution in [0.3, 0.4) is 0 Å². The number of aliphatic hydroxyl groups is 1. The third-order valence-electron chi connectivity index (χ3n) is 8.97. The Bertz CT molecular complexity index is 1610. The second kappa shape index (κ2) is 14.9. The highest BCUT2D eigenvalue weighted by atomic mass is 35.5. The number of nitrogens with one attached hydrogen (secondary N) is 2. The van der Waals surface area contributed by atoms with Gasteiger partial charge in [0, 0.05) is 49.8 Å². The number of pyridine rings is 1. The van der Waals surface area contributed by atoms with Crippen LogP contribution in [0.5, 0.6) is 0 Å². The van der Waals surface area contributed by atoms with E-state index in [1.807, 2.05) is 24.3 Å². The average molecular weight is 688 g/mol. The highest BCUT2D eigenvalue weighted by Gasteiger charge is 2.35. The van der Waals surface area contributed by atoms with E-state index in [0.717, 1.165) is 57.5 Å². The lowest BCUT2D eigenvalue weighted by Crippen LogP contribution is -2.58. The molecule has 47 heavy (non-hydrogen) atoms. The molecule has 3 heterocycles. The van der Waals surface area contributed by atoms with E-state index < -0.39 is 22.4 Å². The van der Waals surface area contributed by atoms with E-state index in [1.54, 1.807) is 33.0 Å². The lowest BCUT2D eigenvalue weighted by atomic mass is 9.96. The summed E-state index contributed by atoms with van der Waals surface area (Å²) in [6, 6.07) is 10.2. The van der Waals surface area contributed by atoms with Crippen molar-refractivity contribution in [2.45, 2.75) is 70.7 Å². The Balaban J connectivity index is 1.17. The number of halogens is 2. The molecule has 2 aromatic carbocycles. The van der Waals surface area contributed by atoms with Crippen molar-refractivity contribution in [3.05, 3.63) is 72.6 Å². The van der Waals surface area contributed by atoms with Crippen LogP contribution in [0.15, 0.2) is 46.1 Å². The molecule has 1 aromatic heterocycles. The summed E-state index contributed by atoms with van der Waals surface area (Å²) in [6.07, 6.45) is 4.65. The van der Waals surface area contributed by atoms with Crippen LogP contribution in [0.4, 0.5) is 22.9 Å². The monoisotopic (exact) mass is 686 g/mol. The summed E-state index contributed by atoms with van der Waals surface area (Å²) in [5.41, 5.74) is -0.399. The van der Waals surface area contributed by atoms with E-state index in [-0.39, 0.29) is 30.6 Å². The third kappa shape index (κ3) is 8.26. The Labute approximate surface area is 285 Å². The van der Waals surface area contributed by atoms with Gasteiger partial charge in [-0.05, 0) is 63.8 Å². The molecule has 3 N–H and O–H groups in total. The molecule has 0 aliphatic carbocycles. The van der Waals surface area contributed by atoms with E-state index in [9.17, 15) is 19.5 Å². The number of hydrogen-bond acceptors (Lipinski definition) is 11. The Hall–Kier alpha value is -3.22. The van der Waals surface area contributed by atoms with Gasteiger partial charge < -0.3 is 25.4 Å². The highest BCUT2D eigenvalue weighted by Crippen LogP contribution is 2.33. The number of aromatic nitrogens is 1. The molecule has 0 unspecified atom stereocenters. The van der Waals surface area contributed by atoms with Crippen LogP contribution in [0.25, 0.3) is 0 Å². The fourth-order valence-corrected chi connectivity index (χ4v) is 7.06. The van der Waals surface area contributed by atoms with Crippen molar-refractivity contribution in [2.24, 2.45) is 0 Å². The molecule has 2 aliphatic heterocycles. The van der Waals surface area contributed by atoms with E-state index in [1.165, 1.54) is 0 Å². The quantitative estimate of drug-likeness (QED) is 0.194. The first kappa shape index (κ1) is 35.1. The average Bonchev–Trinajstić information content (AvgIpc) is 3.04. The van der Waals surface area contributed by atoms with Crippen molar-refractivity contribution in [3.63, 3.8) is 0 Å². The van der Waals surface area contributed by atoms with Crippen LogP contribution < -0.4 is 26.4 Å². The van der Waals surface area contributed by atoms with Gasteiger partial charge in [0.25, 0.3) is 10.9 Å². The highest BCUT2D eigenvalue weighted by molar-refractivity contribution is 6.33. The zero-order valence-corrected chi connectivity index (χ0v) is 28.9. The number of ether oxygens (including phenoxy) is 1. The zero-order chi connectivity index (χ0) is 33.9. The molecule has 2 aliphatic rings. The Morgan fingerprint density at radius 2 is 1.74 bits per heavy atom. The van der Waals surface area contributed by atoms with Gasteiger partial charge in [-0.15, -0.1) is 0 Å². The van der Waals surface area contributed by atoms with Gasteiger partial charge in [-0.1, -0.05) is 42.3 Å². The molecule has 2 fully saturated rings. The number of benzene rings is 1. The second-order valence-electron chi connectivity index (χ2n) is 13.3. The van der Waals surface area contributed by atoms with E-state index >= 15 is 0 Å². The number of carbonyl (C=O) groups excluding carboxylic acids is 1. The number of likely N-dealkylation sites (tertiary alicyclic amines) is 1. The number of hydrogen-bond donors (Lipinski definition) is 3. The van der Waals surface area contributed by atoms with Crippen molar-refractivity contribution in [2.75, 3.05) is 61.4 Å². The van der Waals surface area contributed by atoms with Crippen molar-refractivity contribution in [1.82, 2.24) is 14.8 Å². The van der Waals surface area contributed by atoms with Crippen LogP contribution in [-0.4, -0.2) is 89.4 Å². The van der Waals surface area contributed by atoms with Gasteiger partial charge >= 0.3 is 5.97 Å². The predicted octanol–water partition coefficient (Wildman–Crippen LogP) is 4.58. The van der Waals surface area contributed by atoms with Crippen LogP contribution in [0.2, 0.25) is 10.0 Å². The van der Waals surface area contributed by atoms with E-state index in [0.29, 0.717) is 33.6 Å². The van der Waals surface area contributed by atoms with Gasteiger partial charge in [0.15, 0.2) is 0 Å². The maximum absolute atomic E-state index is 12.3. The van der Waals surface area contributed by atoms with Gasteiger partial charge in [-0.25, -0.2) is 4.98 Å². The third-order valence-corrected chi connectivity index (χ3v) is 9.50. The fourth-order valence-electron chi connectivity index (χ4n) is 6.65. The maximum atomic E-state index is 12.3. The minimum Gasteiger partial charge on any atom is -0.459 e. The molecular formula is C34H44Cl2N6O5. The number of rotatable bonds is 11. The minimum atomic E-state index is -0.698. The van der Waals surface area contributed by atoms with Gasteiger partial charge in [0.2, 0.25) is 0 Å². The SMILES string of the molecule is CC[C@H]1CN(c2ncc(Nc3c(NCC(=O)OC(C)(C)C)c(=O)c3=O)cc2Cl)CCN1C1CCN([C@@H](CO)c2ccc(Cl)cc2)CC1. The van der Waals surface area contributed by atoms with Crippen molar-refractivity contribution >= 4 is 52.1 Å². The first-order valence-corrected chi connectivity index (χ1v) is 17.0. The molecule has 2 atom stereocenters. The number of aliphatic hydroxyl groups excluding tert-OH is 1. The standard InChI is InChI=1S/C34H44Cl2N6O5/c1-5-24-19-41(14-15-42(24)25-10-12-40(13-11-25)27(20-43)21-6-8-22(35)9-7-21)33-26(36)16-23(17-38-33)39-30-29(31(45)32(30)46)37-18-28(44)47-34(2,3)4/h6-9,16-17,24-25,27,37,39,43H,5,10-15,18-20H2,1-4H3/t24-,27-/m0/s1. The van der Waals surface area contributed by atoms with Gasteiger partial charge in [-0.3, -0.25) is 24.2 Å². The predicted molar refractivity (Wildman–Crippen MR) is 187 cm³/mol. The lowest BCUT2D eigenvalue weighted by Gasteiger charge is -2.48. The number of anilines is 4. The van der Waals surface area contributed by atoms with Crippen LogP contribution in [0.1, 0.15) is 58.6 Å². The smallest absolute Gasteiger partial charge is 0.325 e. The summed E-state index contributed by atoms with van der Waals surface area (Å²) in [5, 5.41) is 17.0. The molecule has 0 spiro atoms. The number of piperidine rings is 1. The molecule has 13 heteroatoms.